The van der Waals surface area contributed by atoms with E-state index in [1.165, 1.54) is 38.4 Å². The maximum absolute atomic E-state index is 13.4. The Morgan fingerprint density at radius 3 is 2.10 bits per heavy atom. The van der Waals surface area contributed by atoms with Crippen LogP contribution in [0, 0.1) is 6.92 Å². The first-order valence-electron chi connectivity index (χ1n) is 9.67. The molecule has 0 aromatic heterocycles. The highest BCUT2D eigenvalue weighted by molar-refractivity contribution is 7.93. The van der Waals surface area contributed by atoms with E-state index in [-0.39, 0.29) is 28.3 Å². The summed E-state index contributed by atoms with van der Waals surface area (Å²) in [5, 5.41) is 2.72. The lowest BCUT2D eigenvalue weighted by Crippen LogP contribution is -2.47. The summed E-state index contributed by atoms with van der Waals surface area (Å²) in [6.07, 6.45) is 1.72. The number of nitrogens with one attached hydrogen (secondary N) is 1. The Hall–Kier alpha value is -2.23. The molecule has 1 saturated carbocycles. The van der Waals surface area contributed by atoms with Crippen molar-refractivity contribution in [3.63, 3.8) is 0 Å². The first-order chi connectivity index (χ1) is 14.0. The zero-order valence-electron chi connectivity index (χ0n) is 17.3. The van der Waals surface area contributed by atoms with Gasteiger partial charge in [-0.3, -0.25) is 4.79 Å². The molecule has 0 heterocycles. The quantitative estimate of drug-likeness (QED) is 0.729. The molecule has 9 heteroatoms. The summed E-state index contributed by atoms with van der Waals surface area (Å²) in [5.74, 6) is -0.619. The number of benzene rings is 2. The van der Waals surface area contributed by atoms with Crippen LogP contribution in [0.4, 0.5) is 5.69 Å². The van der Waals surface area contributed by atoms with Gasteiger partial charge in [-0.2, -0.15) is 0 Å². The first-order valence-corrected chi connectivity index (χ1v) is 12.6. The lowest BCUT2D eigenvalue weighted by Gasteiger charge is -2.28. The van der Waals surface area contributed by atoms with Crippen LogP contribution in [-0.4, -0.2) is 45.9 Å². The Kier molecular flexibility index (Phi) is 6.08. The molecule has 0 unspecified atom stereocenters. The van der Waals surface area contributed by atoms with Gasteiger partial charge in [0.2, 0.25) is 15.9 Å². The molecule has 0 spiro atoms. The Labute approximate surface area is 178 Å². The van der Waals surface area contributed by atoms with E-state index >= 15 is 0 Å². The van der Waals surface area contributed by atoms with Gasteiger partial charge in [0.15, 0.2) is 14.6 Å². The van der Waals surface area contributed by atoms with Crippen LogP contribution >= 0.6 is 0 Å². The fourth-order valence-corrected chi connectivity index (χ4v) is 6.75. The number of nitrogens with zero attached hydrogens (tertiary/aromatic N) is 1. The van der Waals surface area contributed by atoms with Crippen LogP contribution < -0.4 is 5.32 Å². The molecule has 162 valence electrons. The molecule has 1 amide bonds. The third-order valence-electron chi connectivity index (χ3n) is 5.63. The van der Waals surface area contributed by atoms with Crippen molar-refractivity contribution in [2.24, 2.45) is 0 Å². The molecule has 0 bridgehead atoms. The highest BCUT2D eigenvalue weighted by Gasteiger charge is 2.53. The van der Waals surface area contributed by atoms with Crippen molar-refractivity contribution in [3.05, 3.63) is 54.1 Å². The molecule has 2 aromatic rings. The number of anilines is 1. The van der Waals surface area contributed by atoms with Crippen LogP contribution in [0.2, 0.25) is 0 Å². The summed E-state index contributed by atoms with van der Waals surface area (Å²) in [6, 6.07) is 12.4. The van der Waals surface area contributed by atoms with Gasteiger partial charge in [-0.15, -0.1) is 0 Å². The Morgan fingerprint density at radius 1 is 0.933 bits per heavy atom. The average molecular weight is 451 g/mol. The van der Waals surface area contributed by atoms with Gasteiger partial charge in [-0.25, -0.2) is 21.1 Å². The van der Waals surface area contributed by atoms with Gasteiger partial charge >= 0.3 is 0 Å². The molecule has 7 nitrogen and oxygen atoms in total. The van der Waals surface area contributed by atoms with Gasteiger partial charge in [0.05, 0.1) is 9.79 Å². The minimum atomic E-state index is -3.92. The SMILES string of the molecule is Cc1ccc(S(=O)(=O)N(C)C)cc1NC(=O)C1(S(=O)(=O)c2ccccc2)CCCC1. The topological polar surface area (TPSA) is 101 Å². The molecule has 0 radical (unpaired) electrons. The Morgan fingerprint density at radius 2 is 1.53 bits per heavy atom. The van der Waals surface area contributed by atoms with Crippen molar-refractivity contribution in [2.75, 3.05) is 19.4 Å². The summed E-state index contributed by atoms with van der Waals surface area (Å²) in [6.45, 7) is 1.73. The number of carbonyl (C=O) groups excluding carboxylic acids is 1. The molecular weight excluding hydrogens is 424 g/mol. The number of amides is 1. The number of hydrogen-bond donors (Lipinski definition) is 1. The second-order valence-corrected chi connectivity index (χ2v) is 12.1. The molecule has 2 aromatic carbocycles. The van der Waals surface area contributed by atoms with Gasteiger partial charge in [0, 0.05) is 19.8 Å². The third kappa shape index (κ3) is 3.77. The van der Waals surface area contributed by atoms with Gasteiger partial charge in [0.25, 0.3) is 0 Å². The summed E-state index contributed by atoms with van der Waals surface area (Å²) in [7, 11) is -4.77. The van der Waals surface area contributed by atoms with Crippen LogP contribution in [0.3, 0.4) is 0 Å². The standard InChI is InChI=1S/C21H26N2O5S2/c1-16-11-12-18(30(27,28)23(2)3)15-19(16)22-20(24)21(13-7-8-14-21)29(25,26)17-9-5-4-6-10-17/h4-6,9-12,15H,7-8,13-14H2,1-3H3,(H,22,24). The summed E-state index contributed by atoms with van der Waals surface area (Å²) >= 11 is 0. The molecule has 0 aliphatic heterocycles. The molecular formula is C21H26N2O5S2. The number of sulfonamides is 1. The second kappa shape index (κ2) is 8.13. The van der Waals surface area contributed by atoms with E-state index in [0.717, 1.165) is 4.31 Å². The smallest absolute Gasteiger partial charge is 0.246 e. The van der Waals surface area contributed by atoms with Crippen LogP contribution in [0.25, 0.3) is 0 Å². The minimum Gasteiger partial charge on any atom is -0.324 e. The largest absolute Gasteiger partial charge is 0.324 e. The van der Waals surface area contributed by atoms with Gasteiger partial charge in [0.1, 0.15) is 0 Å². The normalized spacial score (nSPS) is 16.5. The van der Waals surface area contributed by atoms with Crippen LogP contribution in [0.1, 0.15) is 31.2 Å². The van der Waals surface area contributed by atoms with E-state index in [1.54, 1.807) is 31.2 Å². The van der Waals surface area contributed by atoms with Gasteiger partial charge in [-0.1, -0.05) is 37.1 Å². The molecule has 1 aliphatic carbocycles. The number of aryl methyl sites for hydroxylation is 1. The van der Waals surface area contributed by atoms with Crippen molar-refractivity contribution >= 4 is 31.5 Å². The molecule has 1 N–H and O–H groups in total. The summed E-state index contributed by atoms with van der Waals surface area (Å²) < 4.78 is 51.3. The molecule has 1 aliphatic rings. The number of rotatable bonds is 6. The highest BCUT2D eigenvalue weighted by Crippen LogP contribution is 2.41. The Bertz CT molecular complexity index is 1150. The lowest BCUT2D eigenvalue weighted by atomic mass is 10.1. The van der Waals surface area contributed by atoms with Crippen molar-refractivity contribution in [1.82, 2.24) is 4.31 Å². The fourth-order valence-electron chi connectivity index (χ4n) is 3.73. The number of hydrogen-bond acceptors (Lipinski definition) is 5. The third-order valence-corrected chi connectivity index (χ3v) is 9.96. The predicted molar refractivity (Wildman–Crippen MR) is 116 cm³/mol. The fraction of sp³-hybridized carbons (Fsp3) is 0.381. The minimum absolute atomic E-state index is 0.0276. The summed E-state index contributed by atoms with van der Waals surface area (Å²) in [4.78, 5) is 13.5. The van der Waals surface area contributed by atoms with Crippen LogP contribution in [0.15, 0.2) is 58.3 Å². The molecule has 1 fully saturated rings. The second-order valence-electron chi connectivity index (χ2n) is 7.74. The van der Waals surface area contributed by atoms with Gasteiger partial charge < -0.3 is 5.32 Å². The van der Waals surface area contributed by atoms with Crippen molar-refractivity contribution in [2.45, 2.75) is 47.1 Å². The highest BCUT2D eigenvalue weighted by atomic mass is 32.2. The molecule has 0 atom stereocenters. The van der Waals surface area contributed by atoms with Crippen LogP contribution in [-0.2, 0) is 24.7 Å². The van der Waals surface area contributed by atoms with Crippen molar-refractivity contribution in [1.29, 1.82) is 0 Å². The number of sulfone groups is 1. The average Bonchev–Trinajstić information content (AvgIpc) is 3.22. The van der Waals surface area contributed by atoms with E-state index in [1.807, 2.05) is 0 Å². The first kappa shape index (κ1) is 22.5. The Balaban J connectivity index is 2.02. The maximum atomic E-state index is 13.4. The molecule has 3 rings (SSSR count). The van der Waals surface area contributed by atoms with Crippen LogP contribution in [0.5, 0.6) is 0 Å². The van der Waals surface area contributed by atoms with E-state index in [0.29, 0.717) is 18.4 Å². The van der Waals surface area contributed by atoms with E-state index < -0.39 is 30.5 Å². The van der Waals surface area contributed by atoms with E-state index in [4.69, 9.17) is 0 Å². The number of carbonyl (C=O) groups is 1. The lowest BCUT2D eigenvalue weighted by molar-refractivity contribution is -0.118. The molecule has 30 heavy (non-hydrogen) atoms. The summed E-state index contributed by atoms with van der Waals surface area (Å²) in [5.41, 5.74) is 0.934. The van der Waals surface area contributed by atoms with Crippen molar-refractivity contribution in [3.8, 4) is 0 Å². The van der Waals surface area contributed by atoms with E-state index in [2.05, 4.69) is 5.32 Å². The zero-order valence-corrected chi connectivity index (χ0v) is 18.9. The molecule has 0 saturated heterocycles. The van der Waals surface area contributed by atoms with Crippen molar-refractivity contribution < 1.29 is 21.6 Å². The van der Waals surface area contributed by atoms with Gasteiger partial charge in [-0.05, 0) is 49.6 Å². The zero-order chi connectivity index (χ0) is 22.2. The van der Waals surface area contributed by atoms with E-state index in [9.17, 15) is 21.6 Å². The monoisotopic (exact) mass is 450 g/mol. The maximum Gasteiger partial charge on any atom is 0.246 e. The predicted octanol–water partition coefficient (Wildman–Crippen LogP) is 2.97.